The summed E-state index contributed by atoms with van der Waals surface area (Å²) in [6, 6.07) is 7.91. The van der Waals surface area contributed by atoms with Crippen LogP contribution in [-0.4, -0.2) is 32.6 Å². The molecule has 6 nitrogen and oxygen atoms in total. The second-order valence-corrected chi connectivity index (χ2v) is 5.47. The van der Waals surface area contributed by atoms with Crippen molar-refractivity contribution in [1.29, 1.82) is 0 Å². The molecule has 2 aromatic rings. The second-order valence-electron chi connectivity index (χ2n) is 4.40. The predicted molar refractivity (Wildman–Crippen MR) is 73.2 cm³/mol. The fraction of sp³-hybridized carbons (Fsp3) is 0.417. The summed E-state index contributed by atoms with van der Waals surface area (Å²) >= 11 is 1.62. The molecule has 100 valence electrons. The molecular formula is C12H15N5OS. The maximum Gasteiger partial charge on any atom is 0.209 e. The highest BCUT2D eigenvalue weighted by Gasteiger charge is 2.27. The molecular weight excluding hydrogens is 262 g/mol. The summed E-state index contributed by atoms with van der Waals surface area (Å²) in [6.45, 7) is 0.617. The summed E-state index contributed by atoms with van der Waals surface area (Å²) in [5.74, 6) is 1.65. The number of anilines is 1. The number of hydrogen-bond acceptors (Lipinski definition) is 6. The molecule has 3 rings (SSSR count). The lowest BCUT2D eigenvalue weighted by Crippen LogP contribution is -2.03. The van der Waals surface area contributed by atoms with Gasteiger partial charge in [-0.2, -0.15) is 0 Å². The first-order valence-electron chi connectivity index (χ1n) is 6.22. The Labute approximate surface area is 115 Å². The van der Waals surface area contributed by atoms with Gasteiger partial charge in [-0.15, -0.1) is 5.10 Å². The quantitative estimate of drug-likeness (QED) is 0.492. The minimum Gasteiger partial charge on any atom is -0.493 e. The Bertz CT molecular complexity index is 537. The van der Waals surface area contributed by atoms with Gasteiger partial charge in [0.25, 0.3) is 0 Å². The molecule has 19 heavy (non-hydrogen) atoms. The number of benzene rings is 1. The highest BCUT2D eigenvalue weighted by Crippen LogP contribution is 2.36. The molecule has 1 aromatic carbocycles. The Morgan fingerprint density at radius 1 is 1.32 bits per heavy atom. The third-order valence-corrected chi connectivity index (χ3v) is 3.72. The van der Waals surface area contributed by atoms with Crippen LogP contribution in [0.25, 0.3) is 0 Å². The maximum absolute atomic E-state index is 5.62. The number of ether oxygens (including phenoxy) is 1. The van der Waals surface area contributed by atoms with Gasteiger partial charge >= 0.3 is 0 Å². The Hall–Kier alpha value is -1.76. The number of rotatable bonds is 6. The smallest absolute Gasteiger partial charge is 0.209 e. The molecule has 1 aliphatic rings. The van der Waals surface area contributed by atoms with Gasteiger partial charge in [-0.05, 0) is 47.5 Å². The van der Waals surface area contributed by atoms with Gasteiger partial charge in [0.2, 0.25) is 5.16 Å². The minimum atomic E-state index is 0.510. The Morgan fingerprint density at radius 3 is 2.84 bits per heavy atom. The number of aromatic nitrogens is 4. The number of nitrogens with zero attached hydrogens (tertiary/aromatic N) is 4. The summed E-state index contributed by atoms with van der Waals surface area (Å²) in [4.78, 5) is 0. The van der Waals surface area contributed by atoms with Gasteiger partial charge < -0.3 is 10.5 Å². The molecule has 1 heterocycles. The SMILES string of the molecule is Nc1ccc(OCCSc2nnnn2C2CC2)cc1. The van der Waals surface area contributed by atoms with E-state index in [1.54, 1.807) is 11.8 Å². The van der Waals surface area contributed by atoms with Gasteiger partial charge in [0.1, 0.15) is 5.75 Å². The average Bonchev–Trinajstić information content (AvgIpc) is 3.16. The fourth-order valence-corrected chi connectivity index (χ4v) is 2.45. The van der Waals surface area contributed by atoms with Crippen molar-refractivity contribution in [3.05, 3.63) is 24.3 Å². The van der Waals surface area contributed by atoms with Crippen LogP contribution in [0.5, 0.6) is 5.75 Å². The third kappa shape index (κ3) is 3.17. The summed E-state index contributed by atoms with van der Waals surface area (Å²) in [5.41, 5.74) is 6.35. The topological polar surface area (TPSA) is 78.8 Å². The van der Waals surface area contributed by atoms with E-state index in [1.807, 2.05) is 28.9 Å². The number of hydrogen-bond donors (Lipinski definition) is 1. The van der Waals surface area contributed by atoms with Gasteiger partial charge in [-0.3, -0.25) is 0 Å². The highest BCUT2D eigenvalue weighted by molar-refractivity contribution is 7.99. The Balaban J connectivity index is 1.45. The van der Waals surface area contributed by atoms with Crippen molar-refractivity contribution >= 4 is 17.4 Å². The number of nitrogen functional groups attached to an aromatic ring is 1. The molecule has 0 spiro atoms. The lowest BCUT2D eigenvalue weighted by Gasteiger charge is -2.06. The molecule has 0 atom stereocenters. The van der Waals surface area contributed by atoms with Gasteiger partial charge in [0, 0.05) is 11.4 Å². The summed E-state index contributed by atoms with van der Waals surface area (Å²) < 4.78 is 7.53. The zero-order valence-corrected chi connectivity index (χ0v) is 11.2. The monoisotopic (exact) mass is 277 g/mol. The number of thioether (sulfide) groups is 1. The third-order valence-electron chi connectivity index (χ3n) is 2.82. The van der Waals surface area contributed by atoms with Gasteiger partial charge in [0.15, 0.2) is 0 Å². The van der Waals surface area contributed by atoms with Gasteiger partial charge in [-0.1, -0.05) is 11.8 Å². The first-order valence-corrected chi connectivity index (χ1v) is 7.20. The normalized spacial score (nSPS) is 14.5. The van der Waals surface area contributed by atoms with E-state index in [4.69, 9.17) is 10.5 Å². The van der Waals surface area contributed by atoms with Gasteiger partial charge in [0.05, 0.1) is 12.6 Å². The Morgan fingerprint density at radius 2 is 2.11 bits per heavy atom. The zero-order valence-electron chi connectivity index (χ0n) is 10.4. The van der Waals surface area contributed by atoms with Crippen LogP contribution in [0.15, 0.2) is 29.4 Å². The minimum absolute atomic E-state index is 0.510. The summed E-state index contributed by atoms with van der Waals surface area (Å²) in [7, 11) is 0. The van der Waals surface area contributed by atoms with Crippen LogP contribution in [0, 0.1) is 0 Å². The standard InChI is InChI=1S/C12H15N5OS/c13-9-1-5-11(6-2-9)18-7-8-19-12-14-15-16-17(12)10-3-4-10/h1-2,5-6,10H,3-4,7-8,13H2. The Kier molecular flexibility index (Phi) is 3.54. The largest absolute Gasteiger partial charge is 0.493 e. The van der Waals surface area contributed by atoms with Crippen LogP contribution in [0.3, 0.4) is 0 Å². The second kappa shape index (κ2) is 5.48. The molecule has 0 aliphatic heterocycles. The number of nitrogens with two attached hydrogens (primary N) is 1. The molecule has 0 bridgehead atoms. The lowest BCUT2D eigenvalue weighted by atomic mass is 10.3. The van der Waals surface area contributed by atoms with Crippen molar-refractivity contribution in [3.8, 4) is 5.75 Å². The maximum atomic E-state index is 5.62. The van der Waals surface area contributed by atoms with Crippen LogP contribution in [0.4, 0.5) is 5.69 Å². The predicted octanol–water partition coefficient (Wildman–Crippen LogP) is 1.76. The molecule has 0 radical (unpaired) electrons. The molecule has 0 unspecified atom stereocenters. The van der Waals surface area contributed by atoms with Crippen molar-refractivity contribution in [2.75, 3.05) is 18.1 Å². The summed E-state index contributed by atoms with van der Waals surface area (Å²) in [5, 5.41) is 12.6. The molecule has 1 aliphatic carbocycles. The van der Waals surface area contributed by atoms with E-state index in [2.05, 4.69) is 15.5 Å². The first-order chi connectivity index (χ1) is 9.33. The van der Waals surface area contributed by atoms with Crippen LogP contribution < -0.4 is 10.5 Å². The highest BCUT2D eigenvalue weighted by atomic mass is 32.2. The lowest BCUT2D eigenvalue weighted by molar-refractivity contribution is 0.344. The van der Waals surface area contributed by atoms with Crippen molar-refractivity contribution in [3.63, 3.8) is 0 Å². The van der Waals surface area contributed by atoms with Crippen LogP contribution in [0.1, 0.15) is 18.9 Å². The molecule has 0 amide bonds. The molecule has 2 N–H and O–H groups in total. The molecule has 1 saturated carbocycles. The van der Waals surface area contributed by atoms with Gasteiger partial charge in [-0.25, -0.2) is 4.68 Å². The van der Waals surface area contributed by atoms with E-state index in [9.17, 15) is 0 Å². The van der Waals surface area contributed by atoms with Crippen molar-refractivity contribution in [1.82, 2.24) is 20.2 Å². The molecule has 1 aromatic heterocycles. The van der Waals surface area contributed by atoms with E-state index >= 15 is 0 Å². The van der Waals surface area contributed by atoms with Crippen molar-refractivity contribution in [2.24, 2.45) is 0 Å². The van der Waals surface area contributed by atoms with Crippen molar-refractivity contribution < 1.29 is 4.74 Å². The zero-order chi connectivity index (χ0) is 13.1. The first kappa shape index (κ1) is 12.3. The van der Waals surface area contributed by atoms with E-state index < -0.39 is 0 Å². The molecule has 1 fully saturated rings. The average molecular weight is 277 g/mol. The van der Waals surface area contributed by atoms with E-state index in [-0.39, 0.29) is 0 Å². The van der Waals surface area contributed by atoms with Crippen LogP contribution in [-0.2, 0) is 0 Å². The molecule has 0 saturated heterocycles. The number of tetrazole rings is 1. The molecule has 7 heteroatoms. The fourth-order valence-electron chi connectivity index (χ4n) is 1.69. The van der Waals surface area contributed by atoms with E-state index in [0.717, 1.165) is 22.3 Å². The summed E-state index contributed by atoms with van der Waals surface area (Å²) in [6.07, 6.45) is 2.36. The van der Waals surface area contributed by atoms with Crippen molar-refractivity contribution in [2.45, 2.75) is 24.0 Å². The van der Waals surface area contributed by atoms with Crippen LogP contribution in [0.2, 0.25) is 0 Å². The van der Waals surface area contributed by atoms with E-state index in [1.165, 1.54) is 12.8 Å². The van der Waals surface area contributed by atoms with Crippen LogP contribution >= 0.6 is 11.8 Å². The van der Waals surface area contributed by atoms with E-state index in [0.29, 0.717) is 12.6 Å².